The number of piperidine rings is 1. The molecular weight excluding hydrogens is 232 g/mol. The van der Waals surface area contributed by atoms with Crippen molar-refractivity contribution in [1.82, 2.24) is 10.6 Å². The van der Waals surface area contributed by atoms with E-state index >= 15 is 0 Å². The number of rotatable bonds is 4. The minimum absolute atomic E-state index is 0.0557. The molecule has 2 rings (SSSR count). The maximum absolute atomic E-state index is 12.0. The number of hydrogen-bond acceptors (Lipinski definition) is 3. The van der Waals surface area contributed by atoms with Gasteiger partial charge in [0.15, 0.2) is 0 Å². The SMILES string of the molecule is CCC1CCNC(C(=O)NCC2CCCS2)C1. The number of hydrogen-bond donors (Lipinski definition) is 2. The van der Waals surface area contributed by atoms with E-state index in [4.69, 9.17) is 0 Å². The predicted octanol–water partition coefficient (Wildman–Crippen LogP) is 1.78. The Bertz CT molecular complexity index is 254. The van der Waals surface area contributed by atoms with Gasteiger partial charge in [0.05, 0.1) is 6.04 Å². The molecule has 2 aliphatic rings. The molecule has 0 radical (unpaired) electrons. The van der Waals surface area contributed by atoms with Gasteiger partial charge in [0.2, 0.25) is 5.91 Å². The molecule has 3 nitrogen and oxygen atoms in total. The van der Waals surface area contributed by atoms with Crippen LogP contribution in [-0.4, -0.2) is 36.0 Å². The van der Waals surface area contributed by atoms with Gasteiger partial charge in [-0.15, -0.1) is 0 Å². The fourth-order valence-electron chi connectivity index (χ4n) is 2.71. The minimum atomic E-state index is 0.0557. The second-order valence-corrected chi connectivity index (χ2v) is 6.59. The molecule has 98 valence electrons. The Morgan fingerprint density at radius 3 is 3.06 bits per heavy atom. The molecule has 0 saturated carbocycles. The topological polar surface area (TPSA) is 41.1 Å². The number of nitrogens with one attached hydrogen (secondary N) is 2. The summed E-state index contributed by atoms with van der Waals surface area (Å²) in [5.74, 6) is 2.21. The molecule has 2 heterocycles. The molecule has 1 amide bonds. The van der Waals surface area contributed by atoms with E-state index in [1.807, 2.05) is 11.8 Å². The molecular formula is C13H24N2OS. The van der Waals surface area contributed by atoms with Crippen LogP contribution in [0, 0.1) is 5.92 Å². The van der Waals surface area contributed by atoms with Crippen molar-refractivity contribution >= 4 is 17.7 Å². The molecule has 0 aromatic rings. The Kier molecular flexibility index (Phi) is 5.16. The van der Waals surface area contributed by atoms with Gasteiger partial charge < -0.3 is 10.6 Å². The lowest BCUT2D eigenvalue weighted by Crippen LogP contribution is -2.49. The van der Waals surface area contributed by atoms with Gasteiger partial charge in [0, 0.05) is 11.8 Å². The number of thioether (sulfide) groups is 1. The highest BCUT2D eigenvalue weighted by Gasteiger charge is 2.26. The van der Waals surface area contributed by atoms with E-state index in [1.54, 1.807) is 0 Å². The Morgan fingerprint density at radius 1 is 1.47 bits per heavy atom. The molecule has 0 bridgehead atoms. The first kappa shape index (κ1) is 13.2. The minimum Gasteiger partial charge on any atom is -0.354 e. The predicted molar refractivity (Wildman–Crippen MR) is 73.3 cm³/mol. The van der Waals surface area contributed by atoms with E-state index in [1.165, 1.54) is 31.4 Å². The van der Waals surface area contributed by atoms with Crippen molar-refractivity contribution in [3.8, 4) is 0 Å². The van der Waals surface area contributed by atoms with Gasteiger partial charge in [0.1, 0.15) is 0 Å². The van der Waals surface area contributed by atoms with Crippen molar-refractivity contribution < 1.29 is 4.79 Å². The maximum Gasteiger partial charge on any atom is 0.237 e. The normalized spacial score (nSPS) is 33.6. The van der Waals surface area contributed by atoms with Crippen LogP contribution in [0.4, 0.5) is 0 Å². The van der Waals surface area contributed by atoms with Gasteiger partial charge in [-0.05, 0) is 43.9 Å². The first-order chi connectivity index (χ1) is 8.29. The number of carbonyl (C=O) groups excluding carboxylic acids is 1. The average Bonchev–Trinajstić information content (AvgIpc) is 2.89. The summed E-state index contributed by atoms with van der Waals surface area (Å²) in [6.07, 6.45) is 6.01. The van der Waals surface area contributed by atoms with Crippen LogP contribution < -0.4 is 10.6 Å². The van der Waals surface area contributed by atoms with Crippen LogP contribution in [0.15, 0.2) is 0 Å². The van der Waals surface area contributed by atoms with Gasteiger partial charge in [-0.2, -0.15) is 11.8 Å². The molecule has 4 heteroatoms. The lowest BCUT2D eigenvalue weighted by atomic mass is 9.90. The molecule has 0 spiro atoms. The first-order valence-electron chi connectivity index (χ1n) is 6.92. The average molecular weight is 256 g/mol. The molecule has 2 N–H and O–H groups in total. The zero-order chi connectivity index (χ0) is 12.1. The Balaban J connectivity index is 1.71. The van der Waals surface area contributed by atoms with Gasteiger partial charge in [-0.3, -0.25) is 4.79 Å². The summed E-state index contributed by atoms with van der Waals surface area (Å²) in [5.41, 5.74) is 0. The third-order valence-corrected chi connectivity index (χ3v) is 5.33. The van der Waals surface area contributed by atoms with Gasteiger partial charge in [-0.1, -0.05) is 13.3 Å². The zero-order valence-corrected chi connectivity index (χ0v) is 11.5. The summed E-state index contributed by atoms with van der Waals surface area (Å²) in [4.78, 5) is 12.0. The monoisotopic (exact) mass is 256 g/mol. The van der Waals surface area contributed by atoms with E-state index < -0.39 is 0 Å². The molecule has 0 aliphatic carbocycles. The van der Waals surface area contributed by atoms with Crippen molar-refractivity contribution in [2.75, 3.05) is 18.8 Å². The number of carbonyl (C=O) groups is 1. The molecule has 17 heavy (non-hydrogen) atoms. The standard InChI is InChI=1S/C13H24N2OS/c1-2-10-5-6-14-12(8-10)13(16)15-9-11-4-3-7-17-11/h10-12,14H,2-9H2,1H3,(H,15,16). The number of amides is 1. The van der Waals surface area contributed by atoms with Crippen LogP contribution in [0.5, 0.6) is 0 Å². The summed E-state index contributed by atoms with van der Waals surface area (Å²) in [5, 5.41) is 7.11. The van der Waals surface area contributed by atoms with Crippen molar-refractivity contribution in [1.29, 1.82) is 0 Å². The van der Waals surface area contributed by atoms with E-state index in [-0.39, 0.29) is 11.9 Å². The fourth-order valence-corrected chi connectivity index (χ4v) is 3.91. The van der Waals surface area contributed by atoms with Gasteiger partial charge in [0.25, 0.3) is 0 Å². The fraction of sp³-hybridized carbons (Fsp3) is 0.923. The van der Waals surface area contributed by atoms with E-state index in [2.05, 4.69) is 17.6 Å². The third-order valence-electron chi connectivity index (χ3n) is 3.93. The van der Waals surface area contributed by atoms with Gasteiger partial charge >= 0.3 is 0 Å². The van der Waals surface area contributed by atoms with Crippen LogP contribution in [0.3, 0.4) is 0 Å². The van der Waals surface area contributed by atoms with Crippen molar-refractivity contribution in [3.63, 3.8) is 0 Å². The van der Waals surface area contributed by atoms with Gasteiger partial charge in [-0.25, -0.2) is 0 Å². The van der Waals surface area contributed by atoms with Crippen LogP contribution in [0.2, 0.25) is 0 Å². The highest BCUT2D eigenvalue weighted by Crippen LogP contribution is 2.25. The Hall–Kier alpha value is -0.220. The summed E-state index contributed by atoms with van der Waals surface area (Å²) in [7, 11) is 0. The molecule has 0 aromatic heterocycles. The first-order valence-corrected chi connectivity index (χ1v) is 7.97. The third kappa shape index (κ3) is 3.88. The van der Waals surface area contributed by atoms with Crippen molar-refractivity contribution in [3.05, 3.63) is 0 Å². The lowest BCUT2D eigenvalue weighted by molar-refractivity contribution is -0.124. The lowest BCUT2D eigenvalue weighted by Gasteiger charge is -2.29. The smallest absolute Gasteiger partial charge is 0.237 e. The zero-order valence-electron chi connectivity index (χ0n) is 10.7. The van der Waals surface area contributed by atoms with Crippen LogP contribution in [0.25, 0.3) is 0 Å². The molecule has 3 atom stereocenters. The summed E-state index contributed by atoms with van der Waals surface area (Å²) < 4.78 is 0. The molecule has 2 fully saturated rings. The van der Waals surface area contributed by atoms with Crippen LogP contribution >= 0.6 is 11.8 Å². The Morgan fingerprint density at radius 2 is 2.35 bits per heavy atom. The van der Waals surface area contributed by atoms with Crippen LogP contribution in [-0.2, 0) is 4.79 Å². The molecule has 2 saturated heterocycles. The van der Waals surface area contributed by atoms with E-state index in [0.29, 0.717) is 5.25 Å². The summed E-state index contributed by atoms with van der Waals surface area (Å²) >= 11 is 2.00. The highest BCUT2D eigenvalue weighted by atomic mass is 32.2. The summed E-state index contributed by atoms with van der Waals surface area (Å²) in [6.45, 7) is 4.08. The van der Waals surface area contributed by atoms with Crippen molar-refractivity contribution in [2.45, 2.75) is 50.3 Å². The van der Waals surface area contributed by atoms with E-state index in [9.17, 15) is 4.79 Å². The molecule has 2 aliphatic heterocycles. The quantitative estimate of drug-likeness (QED) is 0.805. The molecule has 3 unspecified atom stereocenters. The van der Waals surface area contributed by atoms with Crippen LogP contribution in [0.1, 0.15) is 39.0 Å². The second kappa shape index (κ2) is 6.64. The molecule has 0 aromatic carbocycles. The van der Waals surface area contributed by atoms with Crippen molar-refractivity contribution in [2.24, 2.45) is 5.92 Å². The largest absolute Gasteiger partial charge is 0.354 e. The maximum atomic E-state index is 12.0. The second-order valence-electron chi connectivity index (χ2n) is 5.19. The van der Waals surface area contributed by atoms with E-state index in [0.717, 1.165) is 25.4 Å². The summed E-state index contributed by atoms with van der Waals surface area (Å²) in [6, 6.07) is 0.0557. The highest BCUT2D eigenvalue weighted by molar-refractivity contribution is 8.00. The Labute approximate surface area is 108 Å².